The van der Waals surface area contributed by atoms with Crippen LogP contribution in [0.25, 0.3) is 0 Å². The maximum absolute atomic E-state index is 13.3. The number of aryl methyl sites for hydroxylation is 2. The third-order valence-electron chi connectivity index (χ3n) is 2.49. The molecule has 82 valence electrons. The maximum atomic E-state index is 13.3. The van der Waals surface area contributed by atoms with Crippen LogP contribution in [-0.2, 0) is 11.2 Å². The summed E-state index contributed by atoms with van der Waals surface area (Å²) in [5.41, 5.74) is 1.67. The summed E-state index contributed by atoms with van der Waals surface area (Å²) in [6.45, 7) is 5.66. The molecule has 0 spiro atoms. The number of ketones is 1. The summed E-state index contributed by atoms with van der Waals surface area (Å²) in [6.07, 6.45) is 0.933. The summed E-state index contributed by atoms with van der Waals surface area (Å²) in [5.74, 6) is 0.0194. The minimum Gasteiger partial charge on any atom is -0.299 e. The van der Waals surface area contributed by atoms with Crippen molar-refractivity contribution in [3.63, 3.8) is 0 Å². The standard InChI is InChI=1S/C13H17FO/c1-9(2)13(15)7-5-11-8-10(3)4-6-12(11)14/h4,6,8-9H,5,7H2,1-3H3. The Morgan fingerprint density at radius 3 is 2.67 bits per heavy atom. The average molecular weight is 208 g/mol. The van der Waals surface area contributed by atoms with Crippen molar-refractivity contribution in [3.8, 4) is 0 Å². The van der Waals surface area contributed by atoms with Crippen molar-refractivity contribution in [1.82, 2.24) is 0 Å². The van der Waals surface area contributed by atoms with Crippen molar-refractivity contribution >= 4 is 5.78 Å². The van der Waals surface area contributed by atoms with Crippen molar-refractivity contribution in [2.24, 2.45) is 5.92 Å². The van der Waals surface area contributed by atoms with Crippen LogP contribution in [0, 0.1) is 18.7 Å². The highest BCUT2D eigenvalue weighted by Crippen LogP contribution is 2.13. The summed E-state index contributed by atoms with van der Waals surface area (Å²) >= 11 is 0. The molecule has 0 bridgehead atoms. The molecule has 0 N–H and O–H groups in total. The quantitative estimate of drug-likeness (QED) is 0.742. The van der Waals surface area contributed by atoms with Crippen LogP contribution in [0.1, 0.15) is 31.4 Å². The highest BCUT2D eigenvalue weighted by molar-refractivity contribution is 5.80. The van der Waals surface area contributed by atoms with Crippen LogP contribution < -0.4 is 0 Å². The summed E-state index contributed by atoms with van der Waals surface area (Å²) in [4.78, 5) is 11.4. The molecule has 1 rings (SSSR count). The van der Waals surface area contributed by atoms with Gasteiger partial charge in [-0.2, -0.15) is 0 Å². The van der Waals surface area contributed by atoms with Gasteiger partial charge in [0.25, 0.3) is 0 Å². The Hall–Kier alpha value is -1.18. The van der Waals surface area contributed by atoms with Gasteiger partial charge in [0.1, 0.15) is 11.6 Å². The number of carbonyl (C=O) groups is 1. The number of hydrogen-bond donors (Lipinski definition) is 0. The van der Waals surface area contributed by atoms with E-state index in [-0.39, 0.29) is 17.5 Å². The Balaban J connectivity index is 2.65. The molecule has 0 aliphatic carbocycles. The van der Waals surface area contributed by atoms with Crippen molar-refractivity contribution in [2.45, 2.75) is 33.6 Å². The number of halogens is 1. The minimum atomic E-state index is -0.211. The van der Waals surface area contributed by atoms with Crippen LogP contribution in [-0.4, -0.2) is 5.78 Å². The summed E-state index contributed by atoms with van der Waals surface area (Å²) < 4.78 is 13.3. The molecule has 0 radical (unpaired) electrons. The van der Waals surface area contributed by atoms with Gasteiger partial charge in [0.05, 0.1) is 0 Å². The number of benzene rings is 1. The van der Waals surface area contributed by atoms with Gasteiger partial charge in [-0.25, -0.2) is 4.39 Å². The molecule has 0 atom stereocenters. The van der Waals surface area contributed by atoms with E-state index in [1.165, 1.54) is 6.07 Å². The highest BCUT2D eigenvalue weighted by atomic mass is 19.1. The lowest BCUT2D eigenvalue weighted by molar-refractivity contribution is -0.121. The van der Waals surface area contributed by atoms with Crippen LogP contribution in [0.3, 0.4) is 0 Å². The van der Waals surface area contributed by atoms with Crippen molar-refractivity contribution in [1.29, 1.82) is 0 Å². The van der Waals surface area contributed by atoms with E-state index in [4.69, 9.17) is 0 Å². The number of hydrogen-bond acceptors (Lipinski definition) is 1. The highest BCUT2D eigenvalue weighted by Gasteiger charge is 2.09. The largest absolute Gasteiger partial charge is 0.299 e. The second-order valence-corrected chi connectivity index (χ2v) is 4.22. The second-order valence-electron chi connectivity index (χ2n) is 4.22. The van der Waals surface area contributed by atoms with E-state index in [0.717, 1.165) is 5.56 Å². The smallest absolute Gasteiger partial charge is 0.135 e. The molecule has 0 saturated carbocycles. The molecule has 0 aromatic heterocycles. The third kappa shape index (κ3) is 3.46. The fourth-order valence-electron chi connectivity index (χ4n) is 1.44. The normalized spacial score (nSPS) is 10.7. The predicted octanol–water partition coefficient (Wildman–Crippen LogP) is 3.29. The Morgan fingerprint density at radius 1 is 1.40 bits per heavy atom. The van der Waals surface area contributed by atoms with Crippen LogP contribution in [0.2, 0.25) is 0 Å². The predicted molar refractivity (Wildman–Crippen MR) is 59.3 cm³/mol. The topological polar surface area (TPSA) is 17.1 Å². The van der Waals surface area contributed by atoms with Crippen LogP contribution in [0.4, 0.5) is 4.39 Å². The Kier molecular flexibility index (Phi) is 4.01. The summed E-state index contributed by atoms with van der Waals surface area (Å²) in [7, 11) is 0. The Labute approximate surface area is 90.3 Å². The third-order valence-corrected chi connectivity index (χ3v) is 2.49. The van der Waals surface area contributed by atoms with Crippen LogP contribution in [0.5, 0.6) is 0 Å². The lowest BCUT2D eigenvalue weighted by Gasteiger charge is -2.06. The molecule has 0 unspecified atom stereocenters. The molecule has 1 nitrogen and oxygen atoms in total. The van der Waals surface area contributed by atoms with Gasteiger partial charge >= 0.3 is 0 Å². The maximum Gasteiger partial charge on any atom is 0.135 e. The van der Waals surface area contributed by atoms with E-state index >= 15 is 0 Å². The number of carbonyl (C=O) groups excluding carboxylic acids is 1. The molecule has 1 aromatic rings. The first-order valence-corrected chi connectivity index (χ1v) is 5.28. The molecule has 0 fully saturated rings. The van der Waals surface area contributed by atoms with E-state index in [1.54, 1.807) is 6.07 Å². The van der Waals surface area contributed by atoms with Gasteiger partial charge in [-0.1, -0.05) is 31.5 Å². The molecule has 0 heterocycles. The molecule has 0 aliphatic rings. The van der Waals surface area contributed by atoms with Crippen molar-refractivity contribution < 1.29 is 9.18 Å². The molecular weight excluding hydrogens is 191 g/mol. The SMILES string of the molecule is Cc1ccc(F)c(CCC(=O)C(C)C)c1. The molecule has 1 aromatic carbocycles. The van der Waals surface area contributed by atoms with E-state index in [0.29, 0.717) is 18.4 Å². The van der Waals surface area contributed by atoms with Gasteiger partial charge in [-0.05, 0) is 25.0 Å². The van der Waals surface area contributed by atoms with Gasteiger partial charge in [0, 0.05) is 12.3 Å². The van der Waals surface area contributed by atoms with E-state index in [9.17, 15) is 9.18 Å². The van der Waals surface area contributed by atoms with Gasteiger partial charge in [-0.15, -0.1) is 0 Å². The zero-order chi connectivity index (χ0) is 11.4. The molecule has 0 amide bonds. The lowest BCUT2D eigenvalue weighted by Crippen LogP contribution is -2.08. The molecule has 2 heteroatoms. The first-order valence-electron chi connectivity index (χ1n) is 5.28. The summed E-state index contributed by atoms with van der Waals surface area (Å²) in [6, 6.07) is 5.01. The molecule has 15 heavy (non-hydrogen) atoms. The van der Waals surface area contributed by atoms with Crippen LogP contribution >= 0.6 is 0 Å². The van der Waals surface area contributed by atoms with Crippen molar-refractivity contribution in [2.75, 3.05) is 0 Å². The fourth-order valence-corrected chi connectivity index (χ4v) is 1.44. The monoisotopic (exact) mass is 208 g/mol. The average Bonchev–Trinajstić information content (AvgIpc) is 2.18. The minimum absolute atomic E-state index is 0.0397. The lowest BCUT2D eigenvalue weighted by atomic mass is 10.00. The van der Waals surface area contributed by atoms with E-state index in [2.05, 4.69) is 0 Å². The van der Waals surface area contributed by atoms with Crippen LogP contribution in [0.15, 0.2) is 18.2 Å². The van der Waals surface area contributed by atoms with Crippen molar-refractivity contribution in [3.05, 3.63) is 35.1 Å². The van der Waals surface area contributed by atoms with E-state index < -0.39 is 0 Å². The molecule has 0 aliphatic heterocycles. The van der Waals surface area contributed by atoms with Gasteiger partial charge in [0.2, 0.25) is 0 Å². The summed E-state index contributed by atoms with van der Waals surface area (Å²) in [5, 5.41) is 0. The Morgan fingerprint density at radius 2 is 2.07 bits per heavy atom. The van der Waals surface area contributed by atoms with Gasteiger partial charge < -0.3 is 0 Å². The zero-order valence-corrected chi connectivity index (χ0v) is 9.51. The zero-order valence-electron chi connectivity index (χ0n) is 9.51. The van der Waals surface area contributed by atoms with E-state index in [1.807, 2.05) is 26.8 Å². The first kappa shape index (κ1) is 11.9. The van der Waals surface area contributed by atoms with Gasteiger partial charge in [0.15, 0.2) is 0 Å². The second kappa shape index (κ2) is 5.06. The Bertz CT molecular complexity index is 356. The van der Waals surface area contributed by atoms with Gasteiger partial charge in [-0.3, -0.25) is 4.79 Å². The number of rotatable bonds is 4. The first-order chi connectivity index (χ1) is 7.00. The number of Topliss-reactive ketones (excluding diaryl/α,β-unsaturated/α-hetero) is 1. The fraction of sp³-hybridized carbons (Fsp3) is 0.462. The molecular formula is C13H17FO. The molecule has 0 saturated heterocycles.